The Morgan fingerprint density at radius 3 is 1.04 bits per heavy atom. The van der Waals surface area contributed by atoms with Crippen molar-refractivity contribution in [2.24, 2.45) is 5.92 Å². The molecule has 284 valence electrons. The third-order valence-electron chi connectivity index (χ3n) is 11.3. The SMILES string of the molecule is CCCCCCCCP(CC)(CCCCCCCC)(CCCCCCCC)OC(=O)CCCCCCCCCCCCCCC(C)C. The monoisotopic (exact) mass is 683 g/mol. The van der Waals surface area contributed by atoms with Crippen LogP contribution >= 0.6 is 6.83 Å². The Hall–Kier alpha value is -0.100. The minimum atomic E-state index is -2.55. The molecular formula is C44H91O2P. The fourth-order valence-corrected chi connectivity index (χ4v) is 13.6. The molecule has 0 aliphatic rings. The van der Waals surface area contributed by atoms with E-state index in [4.69, 9.17) is 4.52 Å². The van der Waals surface area contributed by atoms with Gasteiger partial charge in [-0.05, 0) is 5.92 Å². The van der Waals surface area contributed by atoms with Crippen molar-refractivity contribution in [3.8, 4) is 0 Å². The molecule has 0 amide bonds. The Bertz CT molecular complexity index is 616. The molecule has 0 aromatic rings. The fourth-order valence-electron chi connectivity index (χ4n) is 7.81. The van der Waals surface area contributed by atoms with Crippen molar-refractivity contribution >= 4 is 12.8 Å². The van der Waals surface area contributed by atoms with Gasteiger partial charge in [0.2, 0.25) is 0 Å². The van der Waals surface area contributed by atoms with Crippen LogP contribution in [0.4, 0.5) is 0 Å². The van der Waals surface area contributed by atoms with Gasteiger partial charge in [0.15, 0.2) is 0 Å². The number of hydrogen-bond donors (Lipinski definition) is 0. The van der Waals surface area contributed by atoms with Crippen molar-refractivity contribution in [3.05, 3.63) is 0 Å². The molecule has 0 heterocycles. The van der Waals surface area contributed by atoms with Gasteiger partial charge < -0.3 is 0 Å². The molecule has 0 saturated heterocycles. The predicted molar refractivity (Wildman–Crippen MR) is 218 cm³/mol. The van der Waals surface area contributed by atoms with Gasteiger partial charge in [0.05, 0.1) is 0 Å². The molecular weight excluding hydrogens is 591 g/mol. The van der Waals surface area contributed by atoms with Crippen LogP contribution in [0.5, 0.6) is 0 Å². The minimum Gasteiger partial charge on any atom is -0.0628 e. The van der Waals surface area contributed by atoms with Crippen molar-refractivity contribution in [1.82, 2.24) is 0 Å². The van der Waals surface area contributed by atoms with Gasteiger partial charge in [0, 0.05) is 0 Å². The summed E-state index contributed by atoms with van der Waals surface area (Å²) >= 11 is 0. The second-order valence-electron chi connectivity index (χ2n) is 16.3. The maximum absolute atomic E-state index is 13.7. The Morgan fingerprint density at radius 2 is 0.723 bits per heavy atom. The van der Waals surface area contributed by atoms with E-state index < -0.39 is 6.83 Å². The first-order chi connectivity index (χ1) is 22.9. The predicted octanol–water partition coefficient (Wildman–Crippen LogP) is 16.2. The second kappa shape index (κ2) is 33.1. The molecule has 0 saturated carbocycles. The third kappa shape index (κ3) is 27.3. The smallest absolute Gasteiger partial charge is 0.0628 e. The van der Waals surface area contributed by atoms with Gasteiger partial charge >= 0.3 is 254 Å². The van der Waals surface area contributed by atoms with E-state index in [-0.39, 0.29) is 5.97 Å². The van der Waals surface area contributed by atoms with E-state index in [1.807, 2.05) is 0 Å². The molecule has 0 fully saturated rings. The molecule has 0 unspecified atom stereocenters. The molecule has 0 aliphatic carbocycles. The van der Waals surface area contributed by atoms with Gasteiger partial charge in [-0.25, -0.2) is 0 Å². The zero-order valence-electron chi connectivity index (χ0n) is 33.8. The first-order valence-corrected chi connectivity index (χ1v) is 25.0. The fraction of sp³-hybridized carbons (Fsp3) is 0.977. The van der Waals surface area contributed by atoms with Gasteiger partial charge in [-0.3, -0.25) is 0 Å². The molecule has 0 spiro atoms. The van der Waals surface area contributed by atoms with Gasteiger partial charge in [-0.2, -0.15) is 0 Å². The minimum absolute atomic E-state index is 0.167. The van der Waals surface area contributed by atoms with E-state index in [0.29, 0.717) is 6.42 Å². The van der Waals surface area contributed by atoms with Crippen LogP contribution in [0.15, 0.2) is 0 Å². The van der Waals surface area contributed by atoms with Crippen molar-refractivity contribution in [2.45, 2.75) is 247 Å². The van der Waals surface area contributed by atoms with Crippen LogP contribution in [0.1, 0.15) is 247 Å². The van der Waals surface area contributed by atoms with Gasteiger partial charge in [-0.1, -0.05) is 39.5 Å². The van der Waals surface area contributed by atoms with Crippen molar-refractivity contribution < 1.29 is 9.32 Å². The summed E-state index contributed by atoms with van der Waals surface area (Å²) in [6.07, 6.45) is 46.9. The standard InChI is InChI=1S/C44H91O2P/c1-7-11-14-17-30-35-40-47(10-4,41-36-31-18-15-12-8-2,42-37-32-19-16-13-9-3)46-44(45)39-34-29-27-25-23-21-20-22-24-26-28-33-38-43(5)6/h43H,7-42H2,1-6H3. The molecule has 0 radical (unpaired) electrons. The number of unbranched alkanes of at least 4 members (excludes halogenated alkanes) is 26. The van der Waals surface area contributed by atoms with E-state index in [1.165, 1.54) is 211 Å². The summed E-state index contributed by atoms with van der Waals surface area (Å²) in [4.78, 5) is 13.7. The first kappa shape index (κ1) is 46.9. The third-order valence-corrected chi connectivity index (χ3v) is 18.0. The van der Waals surface area contributed by atoms with E-state index >= 15 is 0 Å². The molecule has 0 rings (SSSR count). The van der Waals surface area contributed by atoms with Crippen LogP contribution < -0.4 is 0 Å². The zero-order valence-corrected chi connectivity index (χ0v) is 34.7. The van der Waals surface area contributed by atoms with Crippen LogP contribution in [-0.2, 0) is 9.32 Å². The molecule has 0 aromatic heterocycles. The summed E-state index contributed by atoms with van der Waals surface area (Å²) in [5.41, 5.74) is 0. The van der Waals surface area contributed by atoms with E-state index in [0.717, 1.165) is 18.5 Å². The summed E-state index contributed by atoms with van der Waals surface area (Å²) < 4.78 is 7.07. The molecule has 2 nitrogen and oxygen atoms in total. The Balaban J connectivity index is 4.93. The van der Waals surface area contributed by atoms with Crippen LogP contribution in [0, 0.1) is 5.92 Å². The molecule has 3 heteroatoms. The number of carbonyl (C=O) groups is 1. The van der Waals surface area contributed by atoms with Crippen molar-refractivity contribution in [3.63, 3.8) is 0 Å². The normalized spacial score (nSPS) is 12.9. The summed E-state index contributed by atoms with van der Waals surface area (Å²) in [7, 11) is 0. The first-order valence-electron chi connectivity index (χ1n) is 22.1. The van der Waals surface area contributed by atoms with E-state index in [9.17, 15) is 4.79 Å². The molecule has 0 bridgehead atoms. The van der Waals surface area contributed by atoms with E-state index in [1.54, 1.807) is 0 Å². The van der Waals surface area contributed by atoms with Gasteiger partial charge in [0.1, 0.15) is 0 Å². The molecule has 0 aromatic carbocycles. The zero-order chi connectivity index (χ0) is 34.8. The summed E-state index contributed by atoms with van der Waals surface area (Å²) in [6, 6.07) is 0. The van der Waals surface area contributed by atoms with Crippen LogP contribution in [0.2, 0.25) is 0 Å². The van der Waals surface area contributed by atoms with E-state index in [2.05, 4.69) is 41.5 Å². The van der Waals surface area contributed by atoms with Crippen molar-refractivity contribution in [2.75, 3.05) is 24.6 Å². The van der Waals surface area contributed by atoms with Crippen LogP contribution in [0.25, 0.3) is 0 Å². The Kier molecular flexibility index (Phi) is 33.0. The van der Waals surface area contributed by atoms with Gasteiger partial charge in [-0.15, -0.1) is 0 Å². The Morgan fingerprint density at radius 1 is 0.426 bits per heavy atom. The average molecular weight is 683 g/mol. The van der Waals surface area contributed by atoms with Crippen LogP contribution in [-0.4, -0.2) is 30.6 Å². The number of rotatable bonds is 38. The summed E-state index contributed by atoms with van der Waals surface area (Å²) in [5.74, 6) is 1.03. The number of hydrogen-bond acceptors (Lipinski definition) is 2. The Labute approximate surface area is 298 Å². The average Bonchev–Trinajstić information content (AvgIpc) is 3.06. The van der Waals surface area contributed by atoms with Crippen LogP contribution in [0.3, 0.4) is 0 Å². The second-order valence-corrected chi connectivity index (χ2v) is 22.2. The number of carbonyl (C=O) groups excluding carboxylic acids is 1. The summed E-state index contributed by atoms with van der Waals surface area (Å²) in [5, 5.41) is 0. The quantitative estimate of drug-likeness (QED) is 0.0478. The maximum atomic E-state index is 13.7. The molecule has 0 atom stereocenters. The molecule has 47 heavy (non-hydrogen) atoms. The molecule has 0 N–H and O–H groups in total. The topological polar surface area (TPSA) is 26.3 Å². The summed E-state index contributed by atoms with van der Waals surface area (Å²) in [6.45, 7) is 11.5. The van der Waals surface area contributed by atoms with Crippen molar-refractivity contribution in [1.29, 1.82) is 0 Å². The van der Waals surface area contributed by atoms with Gasteiger partial charge in [0.25, 0.3) is 0 Å². The molecule has 0 aliphatic heterocycles.